The van der Waals surface area contributed by atoms with Crippen LogP contribution >= 0.6 is 0 Å². The minimum atomic E-state index is -0.797. The van der Waals surface area contributed by atoms with Gasteiger partial charge in [-0.2, -0.15) is 0 Å². The summed E-state index contributed by atoms with van der Waals surface area (Å²) in [5.41, 5.74) is 1.35. The number of likely N-dealkylation sites (N-methyl/N-ethyl adjacent to an activating group) is 1. The van der Waals surface area contributed by atoms with Crippen LogP contribution in [0.5, 0.6) is 5.75 Å². The van der Waals surface area contributed by atoms with Gasteiger partial charge in [0, 0.05) is 36.3 Å². The fourth-order valence-corrected chi connectivity index (χ4v) is 4.37. The Hall–Kier alpha value is -4.54. The van der Waals surface area contributed by atoms with E-state index in [4.69, 9.17) is 4.74 Å². The fraction of sp³-hybridized carbons (Fsp3) is 0.241. The first-order chi connectivity index (χ1) is 18.8. The summed E-state index contributed by atoms with van der Waals surface area (Å²) >= 11 is 0. The van der Waals surface area contributed by atoms with Gasteiger partial charge >= 0.3 is 5.97 Å². The number of rotatable bonds is 11. The molecule has 1 amide bonds. The van der Waals surface area contributed by atoms with Gasteiger partial charge in [0.2, 0.25) is 0 Å². The molecule has 1 aromatic heterocycles. The number of hydrogen-bond acceptors (Lipinski definition) is 7. The molecule has 10 heteroatoms. The first-order valence-electron chi connectivity index (χ1n) is 12.7. The number of aliphatic hydroxyl groups excluding tert-OH is 1. The predicted molar refractivity (Wildman–Crippen MR) is 147 cm³/mol. The molecule has 202 valence electrons. The first kappa shape index (κ1) is 27.5. The number of nitrogens with zero attached hydrogens (tertiary/aromatic N) is 3. The Morgan fingerprint density at radius 1 is 1.00 bits per heavy atom. The van der Waals surface area contributed by atoms with Crippen molar-refractivity contribution in [3.8, 4) is 11.4 Å². The van der Waals surface area contributed by atoms with E-state index in [2.05, 4.69) is 10.2 Å². The number of esters is 1. The molecule has 2 N–H and O–H groups in total. The summed E-state index contributed by atoms with van der Waals surface area (Å²) in [5.74, 6) is -1.25. The van der Waals surface area contributed by atoms with Crippen molar-refractivity contribution in [2.24, 2.45) is 0 Å². The van der Waals surface area contributed by atoms with E-state index in [1.807, 2.05) is 56.3 Å². The first-order valence-corrected chi connectivity index (χ1v) is 12.7. The van der Waals surface area contributed by atoms with Gasteiger partial charge in [-0.1, -0.05) is 44.2 Å². The molecule has 0 aliphatic rings. The number of carbonyl (C=O) groups excluding carboxylic acids is 2. The second-order valence-electron chi connectivity index (χ2n) is 8.91. The zero-order valence-electron chi connectivity index (χ0n) is 21.7. The monoisotopic (exact) mass is 530 g/mol. The van der Waals surface area contributed by atoms with E-state index >= 15 is 0 Å². The third-order valence-corrected chi connectivity index (χ3v) is 6.43. The van der Waals surface area contributed by atoms with Crippen LogP contribution in [0.15, 0.2) is 78.9 Å². The highest BCUT2D eigenvalue weighted by Crippen LogP contribution is 2.36. The number of fused-ring (bicyclic) bond motifs is 1. The van der Waals surface area contributed by atoms with Crippen LogP contribution in [0.4, 0.5) is 5.69 Å². The third kappa shape index (κ3) is 6.14. The highest BCUT2D eigenvalue weighted by Gasteiger charge is 2.28. The zero-order valence-corrected chi connectivity index (χ0v) is 21.7. The smallest absolute Gasteiger partial charge is 0.343 e. The lowest BCUT2D eigenvalue weighted by Gasteiger charge is -2.22. The molecular formula is C29H30N4O6. The Labute approximate surface area is 225 Å². The maximum atomic E-state index is 13.7. The fourth-order valence-electron chi connectivity index (χ4n) is 4.37. The molecular weight excluding hydrogens is 500 g/mol. The lowest BCUT2D eigenvalue weighted by atomic mass is 10.2. The van der Waals surface area contributed by atoms with Crippen LogP contribution in [0.1, 0.15) is 34.7 Å². The van der Waals surface area contributed by atoms with E-state index in [9.17, 15) is 24.8 Å². The Bertz CT molecular complexity index is 1460. The van der Waals surface area contributed by atoms with Crippen molar-refractivity contribution in [2.45, 2.75) is 20.0 Å². The number of nitro groups is 1. The molecule has 0 aliphatic heterocycles. The topological polar surface area (TPSA) is 127 Å². The van der Waals surface area contributed by atoms with E-state index in [0.717, 1.165) is 13.1 Å². The van der Waals surface area contributed by atoms with Crippen LogP contribution in [0.25, 0.3) is 16.6 Å². The lowest BCUT2D eigenvalue weighted by Crippen LogP contribution is -2.40. The summed E-state index contributed by atoms with van der Waals surface area (Å²) in [7, 11) is 0. The van der Waals surface area contributed by atoms with Crippen molar-refractivity contribution in [1.29, 1.82) is 0 Å². The molecule has 39 heavy (non-hydrogen) atoms. The van der Waals surface area contributed by atoms with Crippen molar-refractivity contribution in [1.82, 2.24) is 14.8 Å². The summed E-state index contributed by atoms with van der Waals surface area (Å²) in [6.45, 7) is 5.94. The van der Waals surface area contributed by atoms with E-state index in [1.165, 1.54) is 24.3 Å². The number of amides is 1. The molecule has 4 rings (SSSR count). The number of aromatic nitrogens is 1. The molecule has 0 saturated heterocycles. The van der Waals surface area contributed by atoms with Crippen LogP contribution in [0.3, 0.4) is 0 Å². The minimum absolute atomic E-state index is 0.00138. The van der Waals surface area contributed by atoms with Crippen molar-refractivity contribution in [3.63, 3.8) is 0 Å². The highest BCUT2D eigenvalue weighted by atomic mass is 16.6. The second-order valence-corrected chi connectivity index (χ2v) is 8.91. The van der Waals surface area contributed by atoms with Gasteiger partial charge in [0.05, 0.1) is 22.1 Å². The predicted octanol–water partition coefficient (Wildman–Crippen LogP) is 4.19. The average Bonchev–Trinajstić information content (AvgIpc) is 3.29. The molecule has 0 aliphatic carbocycles. The molecule has 1 heterocycles. The van der Waals surface area contributed by atoms with E-state index in [0.29, 0.717) is 23.1 Å². The summed E-state index contributed by atoms with van der Waals surface area (Å²) in [4.78, 5) is 39.3. The Morgan fingerprint density at radius 3 is 2.28 bits per heavy atom. The maximum Gasteiger partial charge on any atom is 0.343 e. The van der Waals surface area contributed by atoms with Gasteiger partial charge < -0.3 is 24.6 Å². The largest absolute Gasteiger partial charge is 0.420 e. The SMILES string of the molecule is CCN(CC)CC(O)CNC(=O)c1c(OC(=O)c2ccc([N+](=O)[O-])cc2)c2ccccc2n1-c1ccccc1. The number of para-hydroxylation sites is 2. The summed E-state index contributed by atoms with van der Waals surface area (Å²) in [6, 6.07) is 21.4. The van der Waals surface area contributed by atoms with Gasteiger partial charge in [-0.25, -0.2) is 4.79 Å². The number of aliphatic hydroxyl groups is 1. The van der Waals surface area contributed by atoms with Gasteiger partial charge in [0.1, 0.15) is 0 Å². The normalized spacial score (nSPS) is 11.9. The summed E-state index contributed by atoms with van der Waals surface area (Å²) in [5, 5.41) is 24.9. The van der Waals surface area contributed by atoms with E-state index in [1.54, 1.807) is 16.7 Å². The van der Waals surface area contributed by atoms with Crippen LogP contribution in [0.2, 0.25) is 0 Å². The van der Waals surface area contributed by atoms with Crippen LogP contribution < -0.4 is 10.1 Å². The Balaban J connectivity index is 1.74. The number of benzene rings is 3. The average molecular weight is 531 g/mol. The minimum Gasteiger partial charge on any atom is -0.420 e. The molecule has 0 bridgehead atoms. The molecule has 10 nitrogen and oxygen atoms in total. The quantitative estimate of drug-likeness (QED) is 0.169. The Kier molecular flexibility index (Phi) is 8.70. The molecule has 4 aromatic rings. The van der Waals surface area contributed by atoms with Gasteiger partial charge in [-0.15, -0.1) is 0 Å². The molecule has 0 radical (unpaired) electrons. The maximum absolute atomic E-state index is 13.7. The van der Waals surface area contributed by atoms with Gasteiger partial charge in [-0.3, -0.25) is 14.9 Å². The van der Waals surface area contributed by atoms with Crippen molar-refractivity contribution < 1.29 is 24.4 Å². The Morgan fingerprint density at radius 2 is 1.64 bits per heavy atom. The molecule has 0 saturated carbocycles. The van der Waals surface area contributed by atoms with Crippen molar-refractivity contribution in [2.75, 3.05) is 26.2 Å². The zero-order chi connectivity index (χ0) is 27.9. The summed E-state index contributed by atoms with van der Waals surface area (Å²) < 4.78 is 7.52. The number of carbonyl (C=O) groups is 2. The van der Waals surface area contributed by atoms with Gasteiger partial charge in [0.25, 0.3) is 11.6 Å². The molecule has 1 unspecified atom stereocenters. The lowest BCUT2D eigenvalue weighted by molar-refractivity contribution is -0.384. The van der Waals surface area contributed by atoms with Gasteiger partial charge in [-0.05, 0) is 49.5 Å². The van der Waals surface area contributed by atoms with E-state index in [-0.39, 0.29) is 29.2 Å². The molecule has 0 spiro atoms. The highest BCUT2D eigenvalue weighted by molar-refractivity contribution is 6.07. The molecule has 3 aromatic carbocycles. The standard InChI is InChI=1S/C29H30N4O6/c1-3-31(4-2)19-23(34)18-30-28(35)26-27(39-29(36)20-14-16-22(17-15-20)33(37)38)24-12-8-9-13-25(24)32(26)21-10-6-5-7-11-21/h5-17,23,34H,3-4,18-19H2,1-2H3,(H,30,35). The van der Waals surface area contributed by atoms with Crippen LogP contribution in [0, 0.1) is 10.1 Å². The number of ether oxygens (including phenoxy) is 1. The number of nitrogens with one attached hydrogen (secondary N) is 1. The van der Waals surface area contributed by atoms with Crippen LogP contribution in [-0.4, -0.2) is 63.7 Å². The van der Waals surface area contributed by atoms with Crippen molar-refractivity contribution in [3.05, 3.63) is 100 Å². The van der Waals surface area contributed by atoms with E-state index < -0.39 is 22.9 Å². The number of hydrogen-bond donors (Lipinski definition) is 2. The van der Waals surface area contributed by atoms with Crippen LogP contribution in [-0.2, 0) is 0 Å². The second kappa shape index (κ2) is 12.3. The molecule has 0 fully saturated rings. The third-order valence-electron chi connectivity index (χ3n) is 6.43. The number of nitro benzene ring substituents is 1. The van der Waals surface area contributed by atoms with Gasteiger partial charge in [0.15, 0.2) is 11.4 Å². The molecule has 1 atom stereocenters. The number of non-ortho nitro benzene ring substituents is 1. The van der Waals surface area contributed by atoms with Crippen molar-refractivity contribution >= 4 is 28.5 Å². The summed E-state index contributed by atoms with van der Waals surface area (Å²) in [6.07, 6.45) is -0.797.